The van der Waals surface area contributed by atoms with Gasteiger partial charge in [-0.1, -0.05) is 0 Å². The van der Waals surface area contributed by atoms with E-state index in [0.29, 0.717) is 19.5 Å². The van der Waals surface area contributed by atoms with E-state index < -0.39 is 19.1 Å². The van der Waals surface area contributed by atoms with E-state index in [2.05, 4.69) is 5.32 Å². The predicted octanol–water partition coefficient (Wildman–Crippen LogP) is -0.448. The normalized spacial score (nSPS) is 12.0. The zero-order valence-electron chi connectivity index (χ0n) is 6.32. The van der Waals surface area contributed by atoms with Crippen molar-refractivity contribution in [1.82, 2.24) is 5.32 Å². The molecule has 0 heterocycles. The molecule has 0 aliphatic heterocycles. The molecule has 0 unspecified atom stereocenters. The van der Waals surface area contributed by atoms with Crippen LogP contribution >= 0.6 is 0 Å². The summed E-state index contributed by atoms with van der Waals surface area (Å²) in [6.07, 6.45) is 0.668. The summed E-state index contributed by atoms with van der Waals surface area (Å²) in [5, 5.41) is 10.6. The van der Waals surface area contributed by atoms with Gasteiger partial charge in [0.2, 0.25) is 0 Å². The predicted molar refractivity (Wildman–Crippen MR) is 38.6 cm³/mol. The van der Waals surface area contributed by atoms with Crippen molar-refractivity contribution in [2.24, 2.45) is 5.73 Å². The number of halogens is 2. The molecule has 0 aromatic rings. The Kier molecular flexibility index (Phi) is 5.27. The molecular formula is C6H14F2N2O. The summed E-state index contributed by atoms with van der Waals surface area (Å²) in [7, 11) is 0. The molecular weight excluding hydrogens is 154 g/mol. The lowest BCUT2D eigenvalue weighted by Gasteiger charge is -2.13. The van der Waals surface area contributed by atoms with Gasteiger partial charge in [0, 0.05) is 0 Å². The molecule has 0 aromatic heterocycles. The van der Waals surface area contributed by atoms with Gasteiger partial charge in [-0.15, -0.1) is 0 Å². The Morgan fingerprint density at radius 3 is 2.55 bits per heavy atom. The quantitative estimate of drug-likeness (QED) is 0.471. The van der Waals surface area contributed by atoms with Crippen LogP contribution in [0.4, 0.5) is 8.78 Å². The van der Waals surface area contributed by atoms with E-state index in [1.165, 1.54) is 0 Å². The third-order valence-electron chi connectivity index (χ3n) is 1.17. The fourth-order valence-electron chi connectivity index (χ4n) is 0.554. The number of hydrogen-bond acceptors (Lipinski definition) is 3. The average molecular weight is 168 g/mol. The summed E-state index contributed by atoms with van der Waals surface area (Å²) in [4.78, 5) is 0. The molecule has 4 N–H and O–H groups in total. The highest BCUT2D eigenvalue weighted by Crippen LogP contribution is 2.09. The minimum atomic E-state index is -3.01. The first-order chi connectivity index (χ1) is 5.12. The summed E-state index contributed by atoms with van der Waals surface area (Å²) in [5.41, 5.74) is 5.13. The molecule has 11 heavy (non-hydrogen) atoms. The molecule has 0 saturated carbocycles. The van der Waals surface area contributed by atoms with Crippen LogP contribution in [0, 0.1) is 0 Å². The zero-order valence-corrected chi connectivity index (χ0v) is 6.32. The molecule has 0 aliphatic carbocycles. The number of alkyl halides is 2. The average Bonchev–Trinajstić information content (AvgIpc) is 1.99. The monoisotopic (exact) mass is 168 g/mol. The number of aliphatic hydroxyl groups excluding tert-OH is 1. The van der Waals surface area contributed by atoms with Gasteiger partial charge >= 0.3 is 0 Å². The lowest BCUT2D eigenvalue weighted by Crippen LogP contribution is -2.36. The Balaban J connectivity index is 3.23. The lowest BCUT2D eigenvalue weighted by atomic mass is 10.3. The van der Waals surface area contributed by atoms with E-state index in [9.17, 15) is 8.78 Å². The van der Waals surface area contributed by atoms with Crippen LogP contribution in [0.2, 0.25) is 0 Å². The van der Waals surface area contributed by atoms with Gasteiger partial charge in [-0.05, 0) is 19.5 Å². The van der Waals surface area contributed by atoms with E-state index in [1.807, 2.05) is 0 Å². The van der Waals surface area contributed by atoms with Crippen LogP contribution in [0.5, 0.6) is 0 Å². The largest absolute Gasteiger partial charge is 0.390 e. The third kappa shape index (κ3) is 6.15. The fourth-order valence-corrected chi connectivity index (χ4v) is 0.554. The van der Waals surface area contributed by atoms with Gasteiger partial charge in [-0.2, -0.15) is 0 Å². The van der Waals surface area contributed by atoms with Gasteiger partial charge < -0.3 is 16.2 Å². The van der Waals surface area contributed by atoms with Crippen molar-refractivity contribution >= 4 is 0 Å². The van der Waals surface area contributed by atoms with Gasteiger partial charge in [0.15, 0.2) is 0 Å². The standard InChI is InChI=1S/C6H14F2N2O/c7-6(8,5-11)4-10-3-1-2-9/h10-11H,1-5,9H2. The van der Waals surface area contributed by atoms with E-state index in [4.69, 9.17) is 10.8 Å². The first-order valence-corrected chi connectivity index (χ1v) is 3.52. The Morgan fingerprint density at radius 2 is 2.09 bits per heavy atom. The SMILES string of the molecule is NCCCNCC(F)(F)CO. The van der Waals surface area contributed by atoms with Crippen molar-refractivity contribution in [3.05, 3.63) is 0 Å². The third-order valence-corrected chi connectivity index (χ3v) is 1.17. The molecule has 0 amide bonds. The van der Waals surface area contributed by atoms with E-state index in [1.54, 1.807) is 0 Å². The maximum absolute atomic E-state index is 12.2. The molecule has 0 rings (SSSR count). The van der Waals surface area contributed by atoms with Crippen LogP contribution in [0.1, 0.15) is 6.42 Å². The molecule has 5 heteroatoms. The molecule has 0 saturated heterocycles. The second kappa shape index (κ2) is 5.40. The molecule has 0 fully saturated rings. The highest BCUT2D eigenvalue weighted by molar-refractivity contribution is 4.67. The van der Waals surface area contributed by atoms with Crippen molar-refractivity contribution in [3.8, 4) is 0 Å². The number of nitrogens with one attached hydrogen (secondary N) is 1. The molecule has 0 aliphatic rings. The molecule has 0 atom stereocenters. The number of hydrogen-bond donors (Lipinski definition) is 3. The highest BCUT2D eigenvalue weighted by atomic mass is 19.3. The molecule has 68 valence electrons. The van der Waals surface area contributed by atoms with Crippen LogP contribution < -0.4 is 11.1 Å². The van der Waals surface area contributed by atoms with Crippen LogP contribution in [0.3, 0.4) is 0 Å². The van der Waals surface area contributed by atoms with Crippen molar-refractivity contribution in [1.29, 1.82) is 0 Å². The van der Waals surface area contributed by atoms with Crippen molar-refractivity contribution in [2.75, 3.05) is 26.2 Å². The smallest absolute Gasteiger partial charge is 0.282 e. The second-order valence-electron chi connectivity index (χ2n) is 2.33. The van der Waals surface area contributed by atoms with Crippen LogP contribution in [0.25, 0.3) is 0 Å². The summed E-state index contributed by atoms with van der Waals surface area (Å²) in [6.45, 7) is -0.643. The van der Waals surface area contributed by atoms with Crippen molar-refractivity contribution < 1.29 is 13.9 Å². The molecule has 0 radical (unpaired) electrons. The fraction of sp³-hybridized carbons (Fsp3) is 1.00. The maximum atomic E-state index is 12.2. The van der Waals surface area contributed by atoms with Crippen molar-refractivity contribution in [3.63, 3.8) is 0 Å². The lowest BCUT2D eigenvalue weighted by molar-refractivity contribution is -0.0474. The number of rotatable bonds is 6. The first kappa shape index (κ1) is 10.7. The highest BCUT2D eigenvalue weighted by Gasteiger charge is 2.26. The summed E-state index contributed by atoms with van der Waals surface area (Å²) in [6, 6.07) is 0. The van der Waals surface area contributed by atoms with E-state index >= 15 is 0 Å². The van der Waals surface area contributed by atoms with Gasteiger partial charge in [-0.3, -0.25) is 0 Å². The number of aliphatic hydroxyl groups is 1. The Labute approximate surface area is 64.6 Å². The topological polar surface area (TPSA) is 58.3 Å². The zero-order chi connectivity index (χ0) is 8.74. The summed E-state index contributed by atoms with van der Waals surface area (Å²) < 4.78 is 24.5. The van der Waals surface area contributed by atoms with Crippen LogP contribution in [-0.2, 0) is 0 Å². The molecule has 0 bridgehead atoms. The van der Waals surface area contributed by atoms with E-state index in [-0.39, 0.29) is 0 Å². The Hall–Kier alpha value is -0.260. The van der Waals surface area contributed by atoms with Gasteiger partial charge in [-0.25, -0.2) is 8.78 Å². The molecule has 0 spiro atoms. The minimum absolute atomic E-state index is 0.464. The summed E-state index contributed by atoms with van der Waals surface area (Å²) >= 11 is 0. The number of nitrogens with two attached hydrogens (primary N) is 1. The van der Waals surface area contributed by atoms with E-state index in [0.717, 1.165) is 0 Å². The molecule has 3 nitrogen and oxygen atoms in total. The van der Waals surface area contributed by atoms with Crippen molar-refractivity contribution in [2.45, 2.75) is 12.3 Å². The first-order valence-electron chi connectivity index (χ1n) is 3.52. The maximum Gasteiger partial charge on any atom is 0.282 e. The van der Waals surface area contributed by atoms with Gasteiger partial charge in [0.1, 0.15) is 6.61 Å². The second-order valence-corrected chi connectivity index (χ2v) is 2.33. The van der Waals surface area contributed by atoms with Gasteiger partial charge in [0.05, 0.1) is 6.54 Å². The van der Waals surface area contributed by atoms with Crippen LogP contribution in [-0.4, -0.2) is 37.3 Å². The van der Waals surface area contributed by atoms with Gasteiger partial charge in [0.25, 0.3) is 5.92 Å². The minimum Gasteiger partial charge on any atom is -0.390 e. The summed E-state index contributed by atoms with van der Waals surface area (Å²) in [5.74, 6) is -3.01. The molecule has 0 aromatic carbocycles. The Morgan fingerprint density at radius 1 is 1.45 bits per heavy atom. The Bertz CT molecular complexity index is 101. The van der Waals surface area contributed by atoms with Crippen LogP contribution in [0.15, 0.2) is 0 Å².